The molecule has 1 aromatic carbocycles. The van der Waals surface area contributed by atoms with Crippen LogP contribution in [0.4, 0.5) is 14.5 Å². The Labute approximate surface area is 126 Å². The summed E-state index contributed by atoms with van der Waals surface area (Å²) in [6.07, 6.45) is 3.23. The molecule has 20 heavy (non-hydrogen) atoms. The van der Waals surface area contributed by atoms with E-state index in [0.717, 1.165) is 32.5 Å². The van der Waals surface area contributed by atoms with E-state index in [1.54, 1.807) is 0 Å². The summed E-state index contributed by atoms with van der Waals surface area (Å²) < 4.78 is 28.9. The Hall–Kier alpha value is -0.680. The van der Waals surface area contributed by atoms with Gasteiger partial charge < -0.3 is 4.90 Å². The molecule has 3 rings (SSSR count). The van der Waals surface area contributed by atoms with E-state index in [1.165, 1.54) is 18.6 Å². The Morgan fingerprint density at radius 1 is 1.25 bits per heavy atom. The van der Waals surface area contributed by atoms with Gasteiger partial charge in [0.1, 0.15) is 5.69 Å². The van der Waals surface area contributed by atoms with Crippen molar-refractivity contribution in [2.75, 3.05) is 24.5 Å². The van der Waals surface area contributed by atoms with E-state index in [1.807, 2.05) is 4.90 Å². The number of hydrogen-bond donors (Lipinski definition) is 0. The number of nitrogens with zero attached hydrogens (tertiary/aromatic N) is 2. The van der Waals surface area contributed by atoms with Crippen LogP contribution in [-0.2, 0) is 0 Å². The average molecular weight is 345 g/mol. The number of piperazine rings is 1. The van der Waals surface area contributed by atoms with Crippen LogP contribution in [0.3, 0.4) is 0 Å². The van der Waals surface area contributed by atoms with Crippen molar-refractivity contribution in [3.05, 3.63) is 28.2 Å². The zero-order chi connectivity index (χ0) is 14.3. The van der Waals surface area contributed by atoms with E-state index in [4.69, 9.17) is 0 Å². The van der Waals surface area contributed by atoms with Gasteiger partial charge in [0.2, 0.25) is 0 Å². The maximum absolute atomic E-state index is 14.2. The van der Waals surface area contributed by atoms with Gasteiger partial charge in [-0.05, 0) is 37.9 Å². The van der Waals surface area contributed by atoms with Crippen LogP contribution in [0.1, 0.15) is 26.2 Å². The molecule has 0 aliphatic carbocycles. The summed E-state index contributed by atoms with van der Waals surface area (Å²) in [5.74, 6) is -0.941. The highest BCUT2D eigenvalue weighted by molar-refractivity contribution is 9.10. The summed E-state index contributed by atoms with van der Waals surface area (Å²) in [6.45, 7) is 4.85. The summed E-state index contributed by atoms with van der Waals surface area (Å²) in [6, 6.07) is 3.34. The smallest absolute Gasteiger partial charge is 0.150 e. The molecule has 0 aromatic heterocycles. The number of fused-ring (bicyclic) bond motifs is 1. The summed E-state index contributed by atoms with van der Waals surface area (Å²) in [5, 5.41) is 0. The van der Waals surface area contributed by atoms with Gasteiger partial charge in [0.25, 0.3) is 0 Å². The molecular formula is C15H19BrF2N2. The molecule has 2 unspecified atom stereocenters. The van der Waals surface area contributed by atoms with E-state index in [9.17, 15) is 8.78 Å². The molecule has 2 saturated heterocycles. The topological polar surface area (TPSA) is 6.48 Å². The van der Waals surface area contributed by atoms with Gasteiger partial charge in [-0.2, -0.15) is 0 Å². The first-order chi connectivity index (χ1) is 9.60. The summed E-state index contributed by atoms with van der Waals surface area (Å²) in [4.78, 5) is 4.42. The van der Waals surface area contributed by atoms with E-state index < -0.39 is 11.6 Å². The number of benzene rings is 1. The fourth-order valence-electron chi connectivity index (χ4n) is 3.52. The number of halogens is 3. The van der Waals surface area contributed by atoms with Gasteiger partial charge in [-0.15, -0.1) is 0 Å². The molecule has 0 bridgehead atoms. The summed E-state index contributed by atoms with van der Waals surface area (Å²) in [5.41, 5.74) is 0.145. The minimum atomic E-state index is -0.471. The molecular weight excluding hydrogens is 326 g/mol. The third kappa shape index (κ3) is 2.46. The molecule has 2 fully saturated rings. The third-order valence-corrected chi connectivity index (χ3v) is 4.99. The van der Waals surface area contributed by atoms with Crippen molar-refractivity contribution >= 4 is 21.6 Å². The number of rotatable bonds is 2. The molecule has 0 N–H and O–H groups in total. The van der Waals surface area contributed by atoms with E-state index >= 15 is 0 Å². The predicted octanol–water partition coefficient (Wildman–Crippen LogP) is 3.79. The van der Waals surface area contributed by atoms with Gasteiger partial charge in [0.05, 0.1) is 0 Å². The second kappa shape index (κ2) is 5.60. The molecule has 5 heteroatoms. The lowest BCUT2D eigenvalue weighted by Gasteiger charge is -2.45. The van der Waals surface area contributed by atoms with Gasteiger partial charge in [0, 0.05) is 29.6 Å². The second-order valence-corrected chi connectivity index (χ2v) is 6.64. The van der Waals surface area contributed by atoms with Crippen molar-refractivity contribution in [1.82, 2.24) is 4.90 Å². The Balaban J connectivity index is 1.95. The quantitative estimate of drug-likeness (QED) is 0.805. The highest BCUT2D eigenvalue weighted by Gasteiger charge is 2.37. The number of anilines is 1. The summed E-state index contributed by atoms with van der Waals surface area (Å²) >= 11 is 3.14. The Kier molecular flexibility index (Phi) is 4.00. The van der Waals surface area contributed by atoms with Gasteiger partial charge in [-0.3, -0.25) is 4.90 Å². The first kappa shape index (κ1) is 14.3. The van der Waals surface area contributed by atoms with Crippen LogP contribution in [0.15, 0.2) is 16.6 Å². The molecule has 0 spiro atoms. The molecule has 110 valence electrons. The first-order valence-electron chi connectivity index (χ1n) is 7.25. The zero-order valence-electron chi connectivity index (χ0n) is 11.6. The Morgan fingerprint density at radius 2 is 1.95 bits per heavy atom. The highest BCUT2D eigenvalue weighted by atomic mass is 79.9. The fraction of sp³-hybridized carbons (Fsp3) is 0.600. The van der Waals surface area contributed by atoms with E-state index in [0.29, 0.717) is 10.5 Å². The molecule has 2 aliphatic rings. The van der Waals surface area contributed by atoms with Crippen molar-refractivity contribution in [2.45, 2.75) is 38.3 Å². The molecule has 0 amide bonds. The normalized spacial score (nSPS) is 26.9. The standard InChI is InChI=1S/C15H19BrF2N2/c1-2-11-8-19-5-3-4-12(19)9-20(11)15-13(17)6-10(16)7-14(15)18/h6-7,11-12H,2-5,8-9H2,1H3. The molecule has 2 nitrogen and oxygen atoms in total. The monoisotopic (exact) mass is 344 g/mol. The van der Waals surface area contributed by atoms with Crippen molar-refractivity contribution in [3.63, 3.8) is 0 Å². The molecule has 0 saturated carbocycles. The lowest BCUT2D eigenvalue weighted by molar-refractivity contribution is 0.193. The van der Waals surface area contributed by atoms with Gasteiger partial charge >= 0.3 is 0 Å². The maximum atomic E-state index is 14.2. The van der Waals surface area contributed by atoms with E-state index in [2.05, 4.69) is 27.8 Å². The molecule has 2 atom stereocenters. The minimum Gasteiger partial charge on any atom is -0.361 e. The number of hydrogen-bond acceptors (Lipinski definition) is 2. The largest absolute Gasteiger partial charge is 0.361 e. The first-order valence-corrected chi connectivity index (χ1v) is 8.04. The van der Waals surface area contributed by atoms with Crippen LogP contribution in [0.2, 0.25) is 0 Å². The SMILES string of the molecule is CCC1CN2CCCC2CN1c1c(F)cc(Br)cc1F. The fourth-order valence-corrected chi connectivity index (χ4v) is 3.92. The Bertz CT molecular complexity index is 486. The predicted molar refractivity (Wildman–Crippen MR) is 80.1 cm³/mol. The molecule has 0 radical (unpaired) electrons. The van der Waals surface area contributed by atoms with Crippen molar-refractivity contribution in [2.24, 2.45) is 0 Å². The molecule has 2 heterocycles. The minimum absolute atomic E-state index is 0.145. The molecule has 2 aliphatic heterocycles. The second-order valence-electron chi connectivity index (χ2n) is 5.72. The van der Waals surface area contributed by atoms with Gasteiger partial charge in [-0.1, -0.05) is 22.9 Å². The van der Waals surface area contributed by atoms with Gasteiger partial charge in [-0.25, -0.2) is 8.78 Å². The zero-order valence-corrected chi connectivity index (χ0v) is 13.2. The van der Waals surface area contributed by atoms with Crippen LogP contribution >= 0.6 is 15.9 Å². The average Bonchev–Trinajstić information content (AvgIpc) is 2.83. The summed E-state index contributed by atoms with van der Waals surface area (Å²) in [7, 11) is 0. The third-order valence-electron chi connectivity index (χ3n) is 4.53. The van der Waals surface area contributed by atoms with Crippen LogP contribution in [0.5, 0.6) is 0 Å². The van der Waals surface area contributed by atoms with E-state index in [-0.39, 0.29) is 11.7 Å². The van der Waals surface area contributed by atoms with Crippen LogP contribution < -0.4 is 4.90 Å². The van der Waals surface area contributed by atoms with Crippen LogP contribution in [0, 0.1) is 11.6 Å². The Morgan fingerprint density at radius 3 is 2.60 bits per heavy atom. The van der Waals surface area contributed by atoms with Crippen LogP contribution in [0.25, 0.3) is 0 Å². The van der Waals surface area contributed by atoms with Crippen molar-refractivity contribution in [1.29, 1.82) is 0 Å². The maximum Gasteiger partial charge on any atom is 0.150 e. The highest BCUT2D eigenvalue weighted by Crippen LogP contribution is 2.34. The lowest BCUT2D eigenvalue weighted by atomic mass is 10.0. The van der Waals surface area contributed by atoms with Crippen molar-refractivity contribution in [3.8, 4) is 0 Å². The van der Waals surface area contributed by atoms with Crippen molar-refractivity contribution < 1.29 is 8.78 Å². The van der Waals surface area contributed by atoms with Crippen LogP contribution in [-0.4, -0.2) is 36.6 Å². The lowest BCUT2D eigenvalue weighted by Crippen LogP contribution is -2.56. The molecule has 1 aromatic rings. The van der Waals surface area contributed by atoms with Gasteiger partial charge in [0.15, 0.2) is 11.6 Å².